The van der Waals surface area contributed by atoms with Crippen LogP contribution in [0.15, 0.2) is 6.20 Å². The average Bonchev–Trinajstić information content (AvgIpc) is 2.74. The summed E-state index contributed by atoms with van der Waals surface area (Å²) in [6.45, 7) is 3.74. The third-order valence-electron chi connectivity index (χ3n) is 2.17. The molecule has 0 radical (unpaired) electrons. The molecule has 0 bridgehead atoms. The number of rotatable bonds is 6. The fourth-order valence-electron chi connectivity index (χ4n) is 1.18. The number of aliphatic carboxylic acids is 1. The number of carbonyl (C=O) groups is 2. The van der Waals surface area contributed by atoms with E-state index in [0.717, 1.165) is 0 Å². The Kier molecular flexibility index (Phi) is 4.65. The van der Waals surface area contributed by atoms with Crippen molar-refractivity contribution in [2.45, 2.75) is 26.4 Å². The van der Waals surface area contributed by atoms with Crippen molar-refractivity contribution in [3.05, 3.63) is 17.5 Å². The molecule has 0 fully saturated rings. The molecule has 1 aromatic heterocycles. The van der Waals surface area contributed by atoms with Gasteiger partial charge < -0.3 is 15.2 Å². The molecular formula is C10H15N3O4. The zero-order chi connectivity index (χ0) is 12.8. The molecule has 1 unspecified atom stereocenters. The number of carboxylic acid groups (broad SMARTS) is 1. The van der Waals surface area contributed by atoms with Gasteiger partial charge >= 0.3 is 11.9 Å². The molecule has 0 aliphatic carbocycles. The van der Waals surface area contributed by atoms with E-state index in [1.807, 2.05) is 0 Å². The summed E-state index contributed by atoms with van der Waals surface area (Å²) >= 11 is 0. The van der Waals surface area contributed by atoms with Crippen LogP contribution in [0.2, 0.25) is 0 Å². The maximum atomic E-state index is 11.5. The second-order valence-corrected chi connectivity index (χ2v) is 3.43. The van der Waals surface area contributed by atoms with Gasteiger partial charge in [-0.15, -0.1) is 0 Å². The normalized spacial score (nSPS) is 12.1. The Morgan fingerprint density at radius 3 is 2.94 bits per heavy atom. The summed E-state index contributed by atoms with van der Waals surface area (Å²) in [6.07, 6.45) is 1.47. The van der Waals surface area contributed by atoms with Gasteiger partial charge in [0, 0.05) is 12.1 Å². The number of aromatic nitrogens is 2. The molecule has 1 rings (SSSR count). The van der Waals surface area contributed by atoms with E-state index in [1.165, 1.54) is 13.1 Å². The van der Waals surface area contributed by atoms with E-state index < -0.39 is 18.0 Å². The van der Waals surface area contributed by atoms with Crippen LogP contribution in [0.5, 0.6) is 0 Å². The lowest BCUT2D eigenvalue weighted by Crippen LogP contribution is -2.33. The van der Waals surface area contributed by atoms with E-state index in [9.17, 15) is 9.59 Å². The van der Waals surface area contributed by atoms with Crippen LogP contribution in [-0.2, 0) is 16.1 Å². The maximum Gasteiger partial charge on any atom is 0.356 e. The smallest absolute Gasteiger partial charge is 0.356 e. The first-order valence-corrected chi connectivity index (χ1v) is 5.21. The van der Waals surface area contributed by atoms with Crippen LogP contribution in [0, 0.1) is 0 Å². The van der Waals surface area contributed by atoms with Crippen LogP contribution in [0.4, 0.5) is 0 Å². The van der Waals surface area contributed by atoms with E-state index in [0.29, 0.717) is 5.56 Å². The molecule has 1 heterocycles. The molecule has 1 atom stereocenters. The summed E-state index contributed by atoms with van der Waals surface area (Å²) in [4.78, 5) is 22.1. The van der Waals surface area contributed by atoms with Crippen molar-refractivity contribution in [1.29, 1.82) is 0 Å². The van der Waals surface area contributed by atoms with Gasteiger partial charge in [-0.05, 0) is 13.8 Å². The van der Waals surface area contributed by atoms with Gasteiger partial charge in [-0.1, -0.05) is 0 Å². The van der Waals surface area contributed by atoms with Crippen LogP contribution in [-0.4, -0.2) is 39.9 Å². The Balaban J connectivity index is 2.63. The lowest BCUT2D eigenvalue weighted by Gasteiger charge is -2.08. The zero-order valence-electron chi connectivity index (χ0n) is 9.69. The molecule has 1 aromatic rings. The van der Waals surface area contributed by atoms with Gasteiger partial charge in [-0.25, -0.2) is 4.79 Å². The monoisotopic (exact) mass is 241 g/mol. The number of H-pyrrole nitrogens is 1. The Morgan fingerprint density at radius 2 is 2.35 bits per heavy atom. The summed E-state index contributed by atoms with van der Waals surface area (Å²) in [5.41, 5.74) is 0.827. The maximum absolute atomic E-state index is 11.5. The number of ether oxygens (including phenoxy) is 1. The minimum Gasteiger partial charge on any atom is -0.480 e. The number of carbonyl (C=O) groups excluding carboxylic acids is 1. The molecular weight excluding hydrogens is 226 g/mol. The van der Waals surface area contributed by atoms with Crippen LogP contribution in [0.1, 0.15) is 29.9 Å². The molecule has 0 saturated heterocycles. The van der Waals surface area contributed by atoms with Crippen LogP contribution in [0.25, 0.3) is 0 Å². The molecule has 0 amide bonds. The van der Waals surface area contributed by atoms with Crippen molar-refractivity contribution in [2.75, 3.05) is 6.61 Å². The Morgan fingerprint density at radius 1 is 1.65 bits per heavy atom. The molecule has 7 heteroatoms. The molecule has 3 N–H and O–H groups in total. The number of nitrogens with zero attached hydrogens (tertiary/aromatic N) is 1. The van der Waals surface area contributed by atoms with Gasteiger partial charge in [0.25, 0.3) is 0 Å². The van der Waals surface area contributed by atoms with Gasteiger partial charge in [-0.3, -0.25) is 9.89 Å². The highest BCUT2D eigenvalue weighted by Crippen LogP contribution is 2.06. The summed E-state index contributed by atoms with van der Waals surface area (Å²) < 4.78 is 4.83. The minimum absolute atomic E-state index is 0.234. The molecule has 7 nitrogen and oxygen atoms in total. The predicted octanol–water partition coefficient (Wildman–Crippen LogP) is 0.149. The van der Waals surface area contributed by atoms with E-state index in [-0.39, 0.29) is 18.8 Å². The first kappa shape index (κ1) is 13.2. The first-order valence-electron chi connectivity index (χ1n) is 5.21. The number of nitrogens with one attached hydrogen (secondary N) is 2. The standard InChI is InChI=1S/C10H15N3O4/c1-3-17-10(16)8-7(5-12-13-8)4-11-6(2)9(14)15/h5-6,11H,3-4H2,1-2H3,(H,12,13)(H,14,15). The van der Waals surface area contributed by atoms with Crippen molar-refractivity contribution in [1.82, 2.24) is 15.5 Å². The number of carboxylic acids is 1. The molecule has 17 heavy (non-hydrogen) atoms. The fraction of sp³-hybridized carbons (Fsp3) is 0.500. The zero-order valence-corrected chi connectivity index (χ0v) is 9.69. The van der Waals surface area contributed by atoms with Crippen molar-refractivity contribution in [2.24, 2.45) is 0 Å². The van der Waals surface area contributed by atoms with Gasteiger partial charge in [-0.2, -0.15) is 5.10 Å². The third-order valence-corrected chi connectivity index (χ3v) is 2.17. The Labute approximate surface area is 98.2 Å². The summed E-state index contributed by atoms with van der Waals surface area (Å²) in [7, 11) is 0. The highest BCUT2D eigenvalue weighted by atomic mass is 16.5. The highest BCUT2D eigenvalue weighted by Gasteiger charge is 2.16. The summed E-state index contributed by atoms with van der Waals surface area (Å²) in [5.74, 6) is -1.45. The largest absolute Gasteiger partial charge is 0.480 e. The van der Waals surface area contributed by atoms with Crippen LogP contribution < -0.4 is 5.32 Å². The molecule has 0 aliphatic heterocycles. The fourth-order valence-corrected chi connectivity index (χ4v) is 1.18. The number of aromatic amines is 1. The molecule has 0 aliphatic rings. The van der Waals surface area contributed by atoms with Crippen LogP contribution in [0.3, 0.4) is 0 Å². The first-order chi connectivity index (χ1) is 8.06. The van der Waals surface area contributed by atoms with Gasteiger partial charge in [0.2, 0.25) is 0 Å². The topological polar surface area (TPSA) is 104 Å². The number of hydrogen-bond acceptors (Lipinski definition) is 5. The molecule has 0 aromatic carbocycles. The third kappa shape index (κ3) is 3.56. The second kappa shape index (κ2) is 6.00. The molecule has 0 spiro atoms. The Bertz CT molecular complexity index is 402. The SMILES string of the molecule is CCOC(=O)c1[nH]ncc1CNC(C)C(=O)O. The number of esters is 1. The predicted molar refractivity (Wildman–Crippen MR) is 58.5 cm³/mol. The Hall–Kier alpha value is -1.89. The lowest BCUT2D eigenvalue weighted by molar-refractivity contribution is -0.139. The average molecular weight is 241 g/mol. The minimum atomic E-state index is -0.953. The number of hydrogen-bond donors (Lipinski definition) is 3. The van der Waals surface area contributed by atoms with Crippen LogP contribution >= 0.6 is 0 Å². The summed E-state index contributed by atoms with van der Waals surface area (Å²) in [5, 5.41) is 17.7. The van der Waals surface area contributed by atoms with E-state index in [1.54, 1.807) is 6.92 Å². The van der Waals surface area contributed by atoms with Crippen molar-refractivity contribution < 1.29 is 19.4 Å². The highest BCUT2D eigenvalue weighted by molar-refractivity contribution is 5.88. The molecule has 0 saturated carbocycles. The van der Waals surface area contributed by atoms with E-state index >= 15 is 0 Å². The molecule has 94 valence electrons. The summed E-state index contributed by atoms with van der Waals surface area (Å²) in [6, 6.07) is -0.694. The van der Waals surface area contributed by atoms with Crippen molar-refractivity contribution in [3.8, 4) is 0 Å². The van der Waals surface area contributed by atoms with Gasteiger partial charge in [0.05, 0.1) is 12.8 Å². The van der Waals surface area contributed by atoms with E-state index in [4.69, 9.17) is 9.84 Å². The quantitative estimate of drug-likeness (QED) is 0.612. The van der Waals surface area contributed by atoms with E-state index in [2.05, 4.69) is 15.5 Å². The van der Waals surface area contributed by atoms with Gasteiger partial charge in [0.1, 0.15) is 11.7 Å². The second-order valence-electron chi connectivity index (χ2n) is 3.43. The van der Waals surface area contributed by atoms with Gasteiger partial charge in [0.15, 0.2) is 0 Å². The lowest BCUT2D eigenvalue weighted by atomic mass is 10.2. The van der Waals surface area contributed by atoms with Crippen molar-refractivity contribution >= 4 is 11.9 Å². The van der Waals surface area contributed by atoms with Crippen molar-refractivity contribution in [3.63, 3.8) is 0 Å².